The number of aliphatic hydroxyl groups excluding tert-OH is 1. The van der Waals surface area contributed by atoms with E-state index in [-0.39, 0.29) is 12.1 Å². The van der Waals surface area contributed by atoms with Gasteiger partial charge in [0.15, 0.2) is 6.10 Å². The number of aliphatic hydroxyl groups is 1. The van der Waals surface area contributed by atoms with Gasteiger partial charge in [0.2, 0.25) is 0 Å². The lowest BCUT2D eigenvalue weighted by Gasteiger charge is -2.26. The van der Waals surface area contributed by atoms with Gasteiger partial charge in [-0.15, -0.1) is 0 Å². The minimum absolute atomic E-state index is 0.221. The highest BCUT2D eigenvalue weighted by atomic mass is 16.6. The van der Waals surface area contributed by atoms with Crippen molar-refractivity contribution in [1.29, 1.82) is 0 Å². The fraction of sp³-hybridized carbons (Fsp3) is 0.556. The SMILES string of the molecule is CC(C)(C)OC(=O)N[C@@H]1CCCNC1.O=C(O)[C@H](O)c1ccccc1. The second-order valence-corrected chi connectivity index (χ2v) is 6.84. The van der Waals surface area contributed by atoms with Crippen LogP contribution in [0.15, 0.2) is 30.3 Å². The van der Waals surface area contributed by atoms with Crippen LogP contribution in [0.25, 0.3) is 0 Å². The number of piperidine rings is 1. The summed E-state index contributed by atoms with van der Waals surface area (Å²) in [5.41, 5.74) is -0.00776. The molecule has 1 aromatic carbocycles. The largest absolute Gasteiger partial charge is 0.479 e. The molecule has 1 aliphatic rings. The smallest absolute Gasteiger partial charge is 0.407 e. The summed E-state index contributed by atoms with van der Waals surface area (Å²) < 4.78 is 5.16. The molecular formula is C18H28N2O5. The predicted octanol–water partition coefficient (Wildman–Crippen LogP) is 2.07. The molecule has 0 aliphatic carbocycles. The summed E-state index contributed by atoms with van der Waals surface area (Å²) in [6, 6.07) is 8.48. The number of benzene rings is 1. The topological polar surface area (TPSA) is 108 Å². The van der Waals surface area contributed by atoms with Crippen LogP contribution in [0.1, 0.15) is 45.3 Å². The molecule has 1 amide bonds. The lowest BCUT2D eigenvalue weighted by atomic mass is 10.1. The third-order valence-corrected chi connectivity index (χ3v) is 3.37. The Morgan fingerprint density at radius 2 is 1.92 bits per heavy atom. The van der Waals surface area contributed by atoms with E-state index in [0.717, 1.165) is 25.9 Å². The van der Waals surface area contributed by atoms with Crippen molar-refractivity contribution in [2.45, 2.75) is 51.4 Å². The van der Waals surface area contributed by atoms with E-state index in [9.17, 15) is 9.59 Å². The van der Waals surface area contributed by atoms with Crippen molar-refractivity contribution in [3.63, 3.8) is 0 Å². The summed E-state index contributed by atoms with van der Waals surface area (Å²) in [5, 5.41) is 23.5. The minimum atomic E-state index is -1.41. The van der Waals surface area contributed by atoms with Crippen molar-refractivity contribution >= 4 is 12.1 Å². The molecule has 1 fully saturated rings. The molecule has 2 atom stereocenters. The monoisotopic (exact) mass is 352 g/mol. The standard InChI is InChI=1S/C10H20N2O2.C8H8O3/c1-10(2,3)14-9(13)12-8-5-4-6-11-7-8;9-7(8(10)11)6-4-2-1-3-5-6/h8,11H,4-7H2,1-3H3,(H,12,13);1-5,7,9H,(H,10,11)/t8-;7-/m11/s1. The number of aliphatic carboxylic acids is 1. The highest BCUT2D eigenvalue weighted by Gasteiger charge is 2.20. The van der Waals surface area contributed by atoms with Crippen LogP contribution in [0.4, 0.5) is 4.79 Å². The molecule has 2 rings (SSSR count). The maximum absolute atomic E-state index is 11.4. The first-order valence-corrected chi connectivity index (χ1v) is 8.35. The molecule has 0 unspecified atom stereocenters. The number of carbonyl (C=O) groups excluding carboxylic acids is 1. The Kier molecular flexibility index (Phi) is 8.37. The van der Waals surface area contributed by atoms with Gasteiger partial charge in [0, 0.05) is 12.6 Å². The van der Waals surface area contributed by atoms with Gasteiger partial charge >= 0.3 is 12.1 Å². The summed E-state index contributed by atoms with van der Waals surface area (Å²) in [6.07, 6.45) is 0.426. The lowest BCUT2D eigenvalue weighted by molar-refractivity contribution is -0.146. The van der Waals surface area contributed by atoms with Gasteiger partial charge < -0.3 is 25.6 Å². The number of hydrogen-bond donors (Lipinski definition) is 4. The average Bonchev–Trinajstić information content (AvgIpc) is 2.54. The second-order valence-electron chi connectivity index (χ2n) is 6.84. The summed E-state index contributed by atoms with van der Waals surface area (Å²) in [4.78, 5) is 21.6. The Morgan fingerprint density at radius 3 is 2.40 bits per heavy atom. The number of amides is 1. The summed E-state index contributed by atoms with van der Waals surface area (Å²) in [7, 11) is 0. The first-order valence-electron chi connectivity index (χ1n) is 8.35. The van der Waals surface area contributed by atoms with Crippen LogP contribution in [0, 0.1) is 0 Å². The Balaban J connectivity index is 0.000000257. The van der Waals surface area contributed by atoms with Crippen molar-refractivity contribution in [2.75, 3.05) is 13.1 Å². The first-order chi connectivity index (χ1) is 11.7. The molecule has 1 aliphatic heterocycles. The van der Waals surface area contributed by atoms with Crippen LogP contribution in [0.5, 0.6) is 0 Å². The molecule has 1 aromatic rings. The van der Waals surface area contributed by atoms with Gasteiger partial charge in [-0.2, -0.15) is 0 Å². The van der Waals surface area contributed by atoms with Crippen LogP contribution >= 0.6 is 0 Å². The molecule has 7 heteroatoms. The van der Waals surface area contributed by atoms with E-state index in [1.54, 1.807) is 30.3 Å². The van der Waals surface area contributed by atoms with Crippen molar-refractivity contribution in [3.8, 4) is 0 Å². The van der Waals surface area contributed by atoms with E-state index in [0.29, 0.717) is 5.56 Å². The molecule has 0 aromatic heterocycles. The number of carboxylic acids is 1. The van der Waals surface area contributed by atoms with E-state index < -0.39 is 17.7 Å². The highest BCUT2D eigenvalue weighted by molar-refractivity contribution is 5.73. The third kappa shape index (κ3) is 9.07. The molecule has 0 bridgehead atoms. The molecule has 1 saturated heterocycles. The second kappa shape index (κ2) is 10.0. The van der Waals surface area contributed by atoms with Crippen molar-refractivity contribution < 1.29 is 24.5 Å². The number of rotatable bonds is 3. The van der Waals surface area contributed by atoms with Crippen molar-refractivity contribution in [1.82, 2.24) is 10.6 Å². The van der Waals surface area contributed by atoms with Crippen LogP contribution in [0.3, 0.4) is 0 Å². The fourth-order valence-corrected chi connectivity index (χ4v) is 2.23. The van der Waals surface area contributed by atoms with Crippen LogP contribution in [-0.4, -0.2) is 47.0 Å². The Hall–Kier alpha value is -2.12. The summed E-state index contributed by atoms with van der Waals surface area (Å²) in [6.45, 7) is 7.49. The van der Waals surface area contributed by atoms with Gasteiger partial charge in [0.1, 0.15) is 5.60 Å². The molecule has 140 valence electrons. The Bertz CT molecular complexity index is 536. The molecule has 4 N–H and O–H groups in total. The van der Waals surface area contributed by atoms with Crippen LogP contribution < -0.4 is 10.6 Å². The zero-order valence-electron chi connectivity index (χ0n) is 15.0. The Morgan fingerprint density at radius 1 is 1.28 bits per heavy atom. The number of hydrogen-bond acceptors (Lipinski definition) is 5. The zero-order chi connectivity index (χ0) is 18.9. The van der Waals surface area contributed by atoms with Crippen molar-refractivity contribution in [2.24, 2.45) is 0 Å². The quantitative estimate of drug-likeness (QED) is 0.663. The summed E-state index contributed by atoms with van der Waals surface area (Å²) >= 11 is 0. The Labute approximate surface area is 148 Å². The lowest BCUT2D eigenvalue weighted by Crippen LogP contribution is -2.47. The van der Waals surface area contributed by atoms with Gasteiger partial charge in [-0.25, -0.2) is 9.59 Å². The van der Waals surface area contributed by atoms with Crippen molar-refractivity contribution in [3.05, 3.63) is 35.9 Å². The molecule has 7 nitrogen and oxygen atoms in total. The number of ether oxygens (including phenoxy) is 1. The zero-order valence-corrected chi connectivity index (χ0v) is 15.0. The number of nitrogens with one attached hydrogen (secondary N) is 2. The predicted molar refractivity (Wildman–Crippen MR) is 94.3 cm³/mol. The van der Waals surface area contributed by atoms with Gasteiger partial charge in [0.25, 0.3) is 0 Å². The van der Waals surface area contributed by atoms with Crippen LogP contribution in [-0.2, 0) is 9.53 Å². The molecule has 0 radical (unpaired) electrons. The molecule has 1 heterocycles. The summed E-state index contributed by atoms with van der Waals surface area (Å²) in [5.74, 6) is -1.23. The van der Waals surface area contributed by atoms with Gasteiger partial charge in [-0.3, -0.25) is 0 Å². The average molecular weight is 352 g/mol. The minimum Gasteiger partial charge on any atom is -0.479 e. The van der Waals surface area contributed by atoms with Crippen LogP contribution in [0.2, 0.25) is 0 Å². The van der Waals surface area contributed by atoms with E-state index in [1.807, 2.05) is 20.8 Å². The fourth-order valence-electron chi connectivity index (χ4n) is 2.23. The molecular weight excluding hydrogens is 324 g/mol. The van der Waals surface area contributed by atoms with Gasteiger partial charge in [0.05, 0.1) is 0 Å². The maximum atomic E-state index is 11.4. The maximum Gasteiger partial charge on any atom is 0.407 e. The highest BCUT2D eigenvalue weighted by Crippen LogP contribution is 2.11. The van der Waals surface area contributed by atoms with E-state index in [4.69, 9.17) is 14.9 Å². The normalized spacial score (nSPS) is 18.3. The molecule has 0 spiro atoms. The molecule has 25 heavy (non-hydrogen) atoms. The number of alkyl carbamates (subject to hydrolysis) is 1. The van der Waals surface area contributed by atoms with Gasteiger partial charge in [-0.1, -0.05) is 30.3 Å². The third-order valence-electron chi connectivity index (χ3n) is 3.37. The number of carboxylic acid groups (broad SMARTS) is 1. The van der Waals surface area contributed by atoms with E-state index >= 15 is 0 Å². The number of carbonyl (C=O) groups is 2. The van der Waals surface area contributed by atoms with E-state index in [2.05, 4.69) is 10.6 Å². The molecule has 0 saturated carbocycles. The van der Waals surface area contributed by atoms with Gasteiger partial charge in [-0.05, 0) is 45.7 Å². The first kappa shape index (κ1) is 20.9. The van der Waals surface area contributed by atoms with E-state index in [1.165, 1.54) is 0 Å².